The first kappa shape index (κ1) is 20.3. The summed E-state index contributed by atoms with van der Waals surface area (Å²) < 4.78 is 37.7. The van der Waals surface area contributed by atoms with E-state index >= 15 is 0 Å². The third-order valence-electron chi connectivity index (χ3n) is 2.73. The van der Waals surface area contributed by atoms with Crippen LogP contribution in [0, 0.1) is 5.92 Å². The minimum Gasteiger partial charge on any atom is -0.480 e. The number of hydrogen-bond donors (Lipinski definition) is 2. The number of ether oxygens (including phenoxy) is 2. The van der Waals surface area contributed by atoms with Gasteiger partial charge in [-0.3, -0.25) is 4.79 Å². The fraction of sp³-hybridized carbons (Fsp3) is 0.917. The molecule has 8 nitrogen and oxygen atoms in total. The van der Waals surface area contributed by atoms with Gasteiger partial charge in [-0.15, -0.1) is 0 Å². The van der Waals surface area contributed by atoms with Crippen molar-refractivity contribution in [2.45, 2.75) is 26.3 Å². The van der Waals surface area contributed by atoms with E-state index in [2.05, 4.69) is 4.72 Å². The summed E-state index contributed by atoms with van der Waals surface area (Å²) in [5, 5.41) is 9.12. The van der Waals surface area contributed by atoms with Crippen molar-refractivity contribution in [2.75, 3.05) is 40.5 Å². The Kier molecular flexibility index (Phi) is 9.71. The van der Waals surface area contributed by atoms with Gasteiger partial charge < -0.3 is 14.6 Å². The van der Waals surface area contributed by atoms with E-state index in [1.54, 1.807) is 0 Å². The van der Waals surface area contributed by atoms with Gasteiger partial charge >= 0.3 is 5.97 Å². The molecule has 21 heavy (non-hydrogen) atoms. The van der Waals surface area contributed by atoms with E-state index in [1.807, 2.05) is 13.8 Å². The van der Waals surface area contributed by atoms with Gasteiger partial charge in [-0.25, -0.2) is 0 Å². The Morgan fingerprint density at radius 1 is 1.19 bits per heavy atom. The zero-order valence-electron chi connectivity index (χ0n) is 13.0. The molecule has 0 aliphatic rings. The minimum atomic E-state index is -3.91. The third kappa shape index (κ3) is 8.32. The van der Waals surface area contributed by atoms with Crippen LogP contribution >= 0.6 is 0 Å². The molecule has 0 saturated heterocycles. The number of hydrogen-bond acceptors (Lipinski definition) is 5. The molecule has 0 saturated carbocycles. The van der Waals surface area contributed by atoms with E-state index in [-0.39, 0.29) is 38.6 Å². The van der Waals surface area contributed by atoms with Crippen LogP contribution in [-0.4, -0.2) is 70.4 Å². The number of carboxylic acids is 1. The van der Waals surface area contributed by atoms with Gasteiger partial charge in [0.25, 0.3) is 10.2 Å². The zero-order valence-corrected chi connectivity index (χ0v) is 13.9. The molecule has 0 radical (unpaired) electrons. The van der Waals surface area contributed by atoms with E-state index in [1.165, 1.54) is 14.2 Å². The second kappa shape index (κ2) is 10.1. The van der Waals surface area contributed by atoms with Crippen molar-refractivity contribution in [2.24, 2.45) is 5.92 Å². The molecule has 0 aromatic carbocycles. The maximum Gasteiger partial charge on any atom is 0.321 e. The van der Waals surface area contributed by atoms with E-state index in [9.17, 15) is 13.2 Å². The van der Waals surface area contributed by atoms with Crippen LogP contribution in [-0.2, 0) is 24.5 Å². The normalized spacial score (nSPS) is 13.8. The zero-order chi connectivity index (χ0) is 16.5. The summed E-state index contributed by atoms with van der Waals surface area (Å²) in [4.78, 5) is 11.2. The smallest absolute Gasteiger partial charge is 0.321 e. The first-order chi connectivity index (χ1) is 9.74. The van der Waals surface area contributed by atoms with Crippen LogP contribution in [0.3, 0.4) is 0 Å². The van der Waals surface area contributed by atoms with Crippen LogP contribution in [0.1, 0.15) is 20.3 Å². The second-order valence-corrected chi connectivity index (χ2v) is 6.73. The van der Waals surface area contributed by atoms with Crippen LogP contribution < -0.4 is 4.72 Å². The van der Waals surface area contributed by atoms with Crippen LogP contribution in [0.25, 0.3) is 0 Å². The van der Waals surface area contributed by atoms with Crippen molar-refractivity contribution in [3.05, 3.63) is 0 Å². The summed E-state index contributed by atoms with van der Waals surface area (Å²) in [6.45, 7) is 4.35. The summed E-state index contributed by atoms with van der Waals surface area (Å²) >= 11 is 0. The SMILES string of the molecule is COCCN(CCOC)S(=O)(=O)N[C@H](CC(C)C)C(=O)O. The Labute approximate surface area is 126 Å². The topological polar surface area (TPSA) is 105 Å². The van der Waals surface area contributed by atoms with Gasteiger partial charge in [0, 0.05) is 27.3 Å². The fourth-order valence-corrected chi connectivity index (χ4v) is 3.00. The molecule has 0 fully saturated rings. The van der Waals surface area contributed by atoms with Gasteiger partial charge in [0.15, 0.2) is 0 Å². The number of carbonyl (C=O) groups is 1. The first-order valence-corrected chi connectivity index (χ1v) is 8.16. The summed E-state index contributed by atoms with van der Waals surface area (Å²) in [5.41, 5.74) is 0. The Morgan fingerprint density at radius 3 is 2.00 bits per heavy atom. The van der Waals surface area contributed by atoms with Crippen molar-refractivity contribution in [1.82, 2.24) is 9.03 Å². The second-order valence-electron chi connectivity index (χ2n) is 5.03. The Bertz CT molecular complexity index is 391. The Morgan fingerprint density at radius 2 is 1.67 bits per heavy atom. The van der Waals surface area contributed by atoms with Crippen molar-refractivity contribution < 1.29 is 27.8 Å². The predicted molar refractivity (Wildman–Crippen MR) is 78.3 cm³/mol. The van der Waals surface area contributed by atoms with Gasteiger partial charge in [0.1, 0.15) is 6.04 Å². The number of carboxylic acid groups (broad SMARTS) is 1. The van der Waals surface area contributed by atoms with Crippen molar-refractivity contribution in [1.29, 1.82) is 0 Å². The van der Waals surface area contributed by atoms with E-state index < -0.39 is 22.2 Å². The summed E-state index contributed by atoms with van der Waals surface area (Å²) in [5.74, 6) is -1.13. The molecule has 0 unspecified atom stereocenters. The molecule has 0 amide bonds. The highest BCUT2D eigenvalue weighted by Crippen LogP contribution is 2.08. The quantitative estimate of drug-likeness (QED) is 0.519. The van der Waals surface area contributed by atoms with Crippen LogP contribution in [0.5, 0.6) is 0 Å². The highest BCUT2D eigenvalue weighted by Gasteiger charge is 2.29. The number of nitrogens with one attached hydrogen (secondary N) is 1. The number of nitrogens with zero attached hydrogens (tertiary/aromatic N) is 1. The molecule has 0 aliphatic heterocycles. The largest absolute Gasteiger partial charge is 0.480 e. The molecule has 0 bridgehead atoms. The highest BCUT2D eigenvalue weighted by molar-refractivity contribution is 7.87. The molecule has 0 aromatic heterocycles. The lowest BCUT2D eigenvalue weighted by Crippen LogP contribution is -2.50. The molecule has 2 N–H and O–H groups in total. The van der Waals surface area contributed by atoms with Gasteiger partial charge in [-0.1, -0.05) is 13.8 Å². The monoisotopic (exact) mass is 326 g/mol. The standard InChI is InChI=1S/C12H26N2O6S/c1-10(2)9-11(12(15)16)13-21(17,18)14(5-7-19-3)6-8-20-4/h10-11,13H,5-9H2,1-4H3,(H,15,16)/t11-/m1/s1. The third-order valence-corrected chi connectivity index (χ3v) is 4.35. The molecule has 0 aliphatic carbocycles. The van der Waals surface area contributed by atoms with Crippen LogP contribution in [0.4, 0.5) is 0 Å². The molecule has 0 rings (SSSR count). The average Bonchev–Trinajstić information content (AvgIpc) is 2.36. The van der Waals surface area contributed by atoms with Crippen molar-refractivity contribution >= 4 is 16.2 Å². The van der Waals surface area contributed by atoms with Gasteiger partial charge in [0.05, 0.1) is 13.2 Å². The summed E-state index contributed by atoms with van der Waals surface area (Å²) in [7, 11) is -0.983. The summed E-state index contributed by atoms with van der Waals surface area (Å²) in [6.07, 6.45) is 0.219. The Hall–Kier alpha value is -0.740. The summed E-state index contributed by atoms with van der Waals surface area (Å²) in [6, 6.07) is -1.15. The van der Waals surface area contributed by atoms with E-state index in [0.29, 0.717) is 0 Å². The van der Waals surface area contributed by atoms with Gasteiger partial charge in [-0.2, -0.15) is 17.4 Å². The highest BCUT2D eigenvalue weighted by atomic mass is 32.2. The average molecular weight is 326 g/mol. The first-order valence-electron chi connectivity index (χ1n) is 6.72. The predicted octanol–water partition coefficient (Wildman–Crippen LogP) is -0.0851. The van der Waals surface area contributed by atoms with Gasteiger partial charge in [-0.05, 0) is 12.3 Å². The van der Waals surface area contributed by atoms with E-state index in [4.69, 9.17) is 14.6 Å². The molecule has 0 aromatic rings. The fourth-order valence-electron chi connectivity index (χ4n) is 1.66. The molecule has 1 atom stereocenters. The molecule has 9 heteroatoms. The number of methoxy groups -OCH3 is 2. The molecular weight excluding hydrogens is 300 g/mol. The molecule has 0 spiro atoms. The van der Waals surface area contributed by atoms with Gasteiger partial charge in [0.2, 0.25) is 0 Å². The lowest BCUT2D eigenvalue weighted by Gasteiger charge is -2.24. The lowest BCUT2D eigenvalue weighted by atomic mass is 10.1. The molecule has 0 heterocycles. The molecule has 126 valence electrons. The van der Waals surface area contributed by atoms with Crippen molar-refractivity contribution in [3.8, 4) is 0 Å². The van der Waals surface area contributed by atoms with E-state index in [0.717, 1.165) is 4.31 Å². The van der Waals surface area contributed by atoms with Crippen LogP contribution in [0.15, 0.2) is 0 Å². The maximum atomic E-state index is 12.3. The van der Waals surface area contributed by atoms with Crippen LogP contribution in [0.2, 0.25) is 0 Å². The Balaban J connectivity index is 4.94. The number of aliphatic carboxylic acids is 1. The maximum absolute atomic E-state index is 12.3. The minimum absolute atomic E-state index is 0.0557. The lowest BCUT2D eigenvalue weighted by molar-refractivity contribution is -0.139. The number of rotatable bonds is 12. The van der Waals surface area contributed by atoms with Crippen molar-refractivity contribution in [3.63, 3.8) is 0 Å². The molecular formula is C12H26N2O6S.